The van der Waals surface area contributed by atoms with Crippen LogP contribution in [0.25, 0.3) is 33.7 Å². The molecule has 3 aromatic carbocycles. The maximum Gasteiger partial charge on any atom is 0.196 e. The van der Waals surface area contributed by atoms with Crippen LogP contribution in [-0.2, 0) is 6.54 Å². The number of hydrogen-bond donors (Lipinski definition) is 0. The summed E-state index contributed by atoms with van der Waals surface area (Å²) in [7, 11) is 0. The lowest BCUT2D eigenvalue weighted by Crippen LogP contribution is -2.23. The number of nitrogens with zero attached hydrogens (tertiary/aromatic N) is 2. The minimum atomic E-state index is -0.367. The maximum absolute atomic E-state index is 15.7. The molecule has 1 aliphatic heterocycles. The van der Waals surface area contributed by atoms with Crippen LogP contribution < -0.4 is 10.3 Å². The van der Waals surface area contributed by atoms with Crippen LogP contribution >= 0.6 is 0 Å². The van der Waals surface area contributed by atoms with Gasteiger partial charge >= 0.3 is 0 Å². The second kappa shape index (κ2) is 10.2. The lowest BCUT2D eigenvalue weighted by Gasteiger charge is -2.25. The summed E-state index contributed by atoms with van der Waals surface area (Å²) < 4.78 is 17.7. The first-order valence-electron chi connectivity index (χ1n) is 13.0. The van der Waals surface area contributed by atoms with Gasteiger partial charge in [0.1, 0.15) is 5.82 Å². The van der Waals surface area contributed by atoms with Crippen molar-refractivity contribution in [2.75, 3.05) is 18.0 Å². The van der Waals surface area contributed by atoms with Crippen molar-refractivity contribution in [3.63, 3.8) is 0 Å². The fourth-order valence-electron chi connectivity index (χ4n) is 5.50. The van der Waals surface area contributed by atoms with Crippen LogP contribution in [0.4, 0.5) is 10.1 Å². The van der Waals surface area contributed by atoms with Crippen molar-refractivity contribution >= 4 is 28.2 Å². The molecule has 4 aromatic rings. The van der Waals surface area contributed by atoms with Gasteiger partial charge < -0.3 is 9.47 Å². The standard InChI is InChI=1S/C33H33FN2O/c1-5-23-16-17-35(19-23)32-27(6-2)31-28(18-30(32)34)33(37)29(22(3)4)21-36(31)20-24-12-14-26(15-13-24)25-10-8-7-9-11-25/h6-15,18,21,23H,2-3,5,16-17,19-20H2,1,4H3. The largest absolute Gasteiger partial charge is 0.368 e. The molecule has 1 saturated heterocycles. The zero-order valence-corrected chi connectivity index (χ0v) is 21.6. The van der Waals surface area contributed by atoms with Gasteiger partial charge in [-0.2, -0.15) is 0 Å². The fraction of sp³-hybridized carbons (Fsp3) is 0.242. The van der Waals surface area contributed by atoms with Gasteiger partial charge in [0.2, 0.25) is 0 Å². The quantitative estimate of drug-likeness (QED) is 0.263. The van der Waals surface area contributed by atoms with Gasteiger partial charge in [0.25, 0.3) is 0 Å². The van der Waals surface area contributed by atoms with E-state index in [9.17, 15) is 4.79 Å². The van der Waals surface area contributed by atoms with Gasteiger partial charge in [0.15, 0.2) is 5.43 Å². The van der Waals surface area contributed by atoms with Gasteiger partial charge in [-0.15, -0.1) is 0 Å². The topological polar surface area (TPSA) is 25.2 Å². The first-order chi connectivity index (χ1) is 17.9. The van der Waals surface area contributed by atoms with Crippen LogP contribution in [0.3, 0.4) is 0 Å². The Hall–Kier alpha value is -3.92. The maximum atomic E-state index is 15.7. The molecule has 1 unspecified atom stereocenters. The van der Waals surface area contributed by atoms with Crippen molar-refractivity contribution in [1.82, 2.24) is 4.57 Å². The van der Waals surface area contributed by atoms with Crippen LogP contribution in [0, 0.1) is 11.7 Å². The molecule has 0 amide bonds. The Labute approximate surface area is 218 Å². The van der Waals surface area contributed by atoms with E-state index in [0.717, 1.165) is 42.6 Å². The highest BCUT2D eigenvalue weighted by Crippen LogP contribution is 2.36. The predicted molar refractivity (Wildman–Crippen MR) is 155 cm³/mol. The molecule has 4 heteroatoms. The summed E-state index contributed by atoms with van der Waals surface area (Å²) in [5.74, 6) is 0.178. The summed E-state index contributed by atoms with van der Waals surface area (Å²) in [6.45, 7) is 14.2. The van der Waals surface area contributed by atoms with E-state index in [1.807, 2.05) is 31.3 Å². The van der Waals surface area contributed by atoms with Crippen LogP contribution in [0.2, 0.25) is 0 Å². The molecule has 1 aliphatic rings. The molecule has 0 N–H and O–H groups in total. The van der Waals surface area contributed by atoms with Crippen LogP contribution in [0.15, 0.2) is 84.8 Å². The third-order valence-electron chi connectivity index (χ3n) is 7.58. The molecule has 3 nitrogen and oxygen atoms in total. The minimum Gasteiger partial charge on any atom is -0.368 e. The van der Waals surface area contributed by atoms with Crippen molar-refractivity contribution in [2.24, 2.45) is 5.92 Å². The fourth-order valence-corrected chi connectivity index (χ4v) is 5.50. The Morgan fingerprint density at radius 2 is 1.81 bits per heavy atom. The lowest BCUT2D eigenvalue weighted by atomic mass is 10.00. The van der Waals surface area contributed by atoms with E-state index in [2.05, 4.69) is 65.9 Å². The SMILES string of the molecule is C=Cc1c(N2CCC(CC)C2)c(F)cc2c(=O)c(C(=C)C)cn(Cc3ccc(-c4ccccc4)cc3)c12. The van der Waals surface area contributed by atoms with E-state index in [1.165, 1.54) is 6.07 Å². The summed E-state index contributed by atoms with van der Waals surface area (Å²) in [6.07, 6.45) is 5.68. The number of hydrogen-bond acceptors (Lipinski definition) is 2. The number of aromatic nitrogens is 1. The number of fused-ring (bicyclic) bond motifs is 1. The summed E-state index contributed by atoms with van der Waals surface area (Å²) in [5, 5.41) is 0.365. The van der Waals surface area contributed by atoms with Crippen molar-refractivity contribution < 1.29 is 4.39 Å². The van der Waals surface area contributed by atoms with Gasteiger partial charge in [-0.1, -0.05) is 87.2 Å². The Kier molecular flexibility index (Phi) is 6.84. The van der Waals surface area contributed by atoms with Crippen molar-refractivity contribution in [3.8, 4) is 11.1 Å². The highest BCUT2D eigenvalue weighted by molar-refractivity contribution is 5.95. The van der Waals surface area contributed by atoms with Crippen molar-refractivity contribution in [1.29, 1.82) is 0 Å². The number of benzene rings is 3. The normalized spacial score (nSPS) is 15.3. The van der Waals surface area contributed by atoms with E-state index >= 15 is 4.39 Å². The highest BCUT2D eigenvalue weighted by Gasteiger charge is 2.27. The van der Waals surface area contributed by atoms with E-state index in [0.29, 0.717) is 45.8 Å². The first kappa shape index (κ1) is 24.8. The number of pyridine rings is 1. The number of halogens is 1. The highest BCUT2D eigenvalue weighted by atomic mass is 19.1. The molecular weight excluding hydrogens is 459 g/mol. The second-order valence-corrected chi connectivity index (χ2v) is 10.1. The molecule has 5 rings (SSSR count). The van der Waals surface area contributed by atoms with Gasteiger partial charge in [0.05, 0.1) is 11.2 Å². The van der Waals surface area contributed by atoms with Crippen molar-refractivity contribution in [2.45, 2.75) is 33.2 Å². The van der Waals surface area contributed by atoms with Crippen molar-refractivity contribution in [3.05, 3.63) is 113 Å². The molecule has 2 heterocycles. The van der Waals surface area contributed by atoms with Gasteiger partial charge in [-0.3, -0.25) is 4.79 Å². The molecular formula is C33H33FN2O. The summed E-state index contributed by atoms with van der Waals surface area (Å²) >= 11 is 0. The summed E-state index contributed by atoms with van der Waals surface area (Å²) in [5.41, 5.74) is 6.31. The van der Waals surface area contributed by atoms with Gasteiger partial charge in [0, 0.05) is 42.3 Å². The summed E-state index contributed by atoms with van der Waals surface area (Å²) in [4.78, 5) is 15.6. The monoisotopic (exact) mass is 492 g/mol. The minimum absolute atomic E-state index is 0.195. The third-order valence-corrected chi connectivity index (χ3v) is 7.58. The average molecular weight is 493 g/mol. The molecule has 1 aromatic heterocycles. The number of anilines is 1. The molecule has 188 valence electrons. The zero-order valence-electron chi connectivity index (χ0n) is 21.6. The van der Waals surface area contributed by atoms with Crippen LogP contribution in [-0.4, -0.2) is 17.7 Å². The lowest BCUT2D eigenvalue weighted by molar-refractivity contribution is 0.567. The molecule has 1 atom stereocenters. The molecule has 37 heavy (non-hydrogen) atoms. The van der Waals surface area contributed by atoms with E-state index < -0.39 is 0 Å². The smallest absolute Gasteiger partial charge is 0.196 e. The Balaban J connectivity index is 1.66. The van der Waals surface area contributed by atoms with E-state index in [1.54, 1.807) is 6.08 Å². The second-order valence-electron chi connectivity index (χ2n) is 10.1. The summed E-state index contributed by atoms with van der Waals surface area (Å²) in [6, 6.07) is 20.1. The molecule has 1 fully saturated rings. The molecule has 0 aliphatic carbocycles. The van der Waals surface area contributed by atoms with E-state index in [-0.39, 0.29) is 11.2 Å². The average Bonchev–Trinajstić information content (AvgIpc) is 3.39. The molecule has 0 bridgehead atoms. The number of allylic oxidation sites excluding steroid dienone is 1. The van der Waals surface area contributed by atoms with Gasteiger partial charge in [-0.05, 0) is 47.6 Å². The third kappa shape index (κ3) is 4.64. The first-order valence-corrected chi connectivity index (χ1v) is 13.0. The zero-order chi connectivity index (χ0) is 26.1. The molecule has 0 saturated carbocycles. The number of rotatable bonds is 7. The van der Waals surface area contributed by atoms with Crippen LogP contribution in [0.1, 0.15) is 43.4 Å². The van der Waals surface area contributed by atoms with Gasteiger partial charge in [-0.25, -0.2) is 4.39 Å². The Bertz CT molecular complexity index is 1530. The Morgan fingerprint density at radius 1 is 1.11 bits per heavy atom. The molecule has 0 spiro atoms. The van der Waals surface area contributed by atoms with Crippen LogP contribution in [0.5, 0.6) is 0 Å². The predicted octanol–water partition coefficient (Wildman–Crippen LogP) is 7.77. The molecule has 0 radical (unpaired) electrons. The van der Waals surface area contributed by atoms with E-state index in [4.69, 9.17) is 0 Å². The Morgan fingerprint density at radius 3 is 2.43 bits per heavy atom.